The molecule has 1 saturated heterocycles. The summed E-state index contributed by atoms with van der Waals surface area (Å²) in [5.74, 6) is 1.76. The Morgan fingerprint density at radius 1 is 1.20 bits per heavy atom. The van der Waals surface area contributed by atoms with Gasteiger partial charge >= 0.3 is 0 Å². The van der Waals surface area contributed by atoms with Gasteiger partial charge in [0.15, 0.2) is 5.96 Å². The molecular weight excluding hydrogens is 394 g/mol. The Labute approximate surface area is 184 Å². The third-order valence-corrected chi connectivity index (χ3v) is 6.16. The minimum absolute atomic E-state index is 0.356. The van der Waals surface area contributed by atoms with Gasteiger partial charge in [0.2, 0.25) is 5.95 Å². The molecule has 1 atom stereocenters. The molecule has 0 amide bonds. The molecule has 2 aromatic heterocycles. The quantitative estimate of drug-likeness (QED) is 0.363. The lowest BCUT2D eigenvalue weighted by atomic mass is 10.2. The van der Waals surface area contributed by atoms with Crippen molar-refractivity contribution in [1.82, 2.24) is 25.5 Å². The van der Waals surface area contributed by atoms with Crippen molar-refractivity contribution >= 4 is 23.2 Å². The zero-order valence-electron chi connectivity index (χ0n) is 18.5. The highest BCUT2D eigenvalue weighted by Crippen LogP contribution is 2.16. The molecular formula is C22H35N7S. The SMILES string of the molecule is CCNC(=NCCCN1CCN(c2ncccn2)CC1)NC(C)Cc1ccc(C)s1. The summed E-state index contributed by atoms with van der Waals surface area (Å²) in [5, 5.41) is 6.92. The third-order valence-electron chi connectivity index (χ3n) is 5.14. The van der Waals surface area contributed by atoms with Crippen LogP contribution in [0.4, 0.5) is 5.95 Å². The number of anilines is 1. The van der Waals surface area contributed by atoms with Gasteiger partial charge in [-0.15, -0.1) is 11.3 Å². The molecule has 0 aliphatic carbocycles. The first-order chi connectivity index (χ1) is 14.6. The molecule has 1 unspecified atom stereocenters. The van der Waals surface area contributed by atoms with Crippen molar-refractivity contribution < 1.29 is 0 Å². The van der Waals surface area contributed by atoms with E-state index in [1.807, 2.05) is 29.8 Å². The van der Waals surface area contributed by atoms with Crippen LogP contribution < -0.4 is 15.5 Å². The molecule has 164 valence electrons. The molecule has 0 saturated carbocycles. The van der Waals surface area contributed by atoms with E-state index in [-0.39, 0.29) is 0 Å². The van der Waals surface area contributed by atoms with Gasteiger partial charge in [0.1, 0.15) is 0 Å². The third kappa shape index (κ3) is 7.25. The molecule has 8 heteroatoms. The Kier molecular flexibility index (Phi) is 8.89. The Balaban J connectivity index is 1.37. The van der Waals surface area contributed by atoms with Crippen molar-refractivity contribution in [3.05, 3.63) is 40.3 Å². The van der Waals surface area contributed by atoms with Gasteiger partial charge in [0.05, 0.1) is 0 Å². The monoisotopic (exact) mass is 429 g/mol. The van der Waals surface area contributed by atoms with Crippen LogP contribution in [0.3, 0.4) is 0 Å². The van der Waals surface area contributed by atoms with Crippen LogP contribution in [0.5, 0.6) is 0 Å². The first-order valence-electron chi connectivity index (χ1n) is 11.0. The van der Waals surface area contributed by atoms with E-state index in [0.29, 0.717) is 6.04 Å². The topological polar surface area (TPSA) is 68.7 Å². The Hall–Kier alpha value is -2.19. The number of guanidine groups is 1. The maximum Gasteiger partial charge on any atom is 0.225 e. The van der Waals surface area contributed by atoms with Crippen molar-refractivity contribution in [1.29, 1.82) is 0 Å². The Bertz CT molecular complexity index is 769. The van der Waals surface area contributed by atoms with E-state index in [2.05, 4.69) is 63.3 Å². The molecule has 0 radical (unpaired) electrons. The number of nitrogens with one attached hydrogen (secondary N) is 2. The number of rotatable bonds is 9. The smallest absolute Gasteiger partial charge is 0.225 e. The number of aromatic nitrogens is 2. The average Bonchev–Trinajstić information content (AvgIpc) is 3.16. The zero-order chi connectivity index (χ0) is 21.2. The summed E-state index contributed by atoms with van der Waals surface area (Å²) >= 11 is 1.88. The highest BCUT2D eigenvalue weighted by Gasteiger charge is 2.18. The minimum Gasteiger partial charge on any atom is -0.357 e. The van der Waals surface area contributed by atoms with Crippen molar-refractivity contribution in [2.24, 2.45) is 4.99 Å². The molecule has 2 N–H and O–H groups in total. The number of piperazine rings is 1. The van der Waals surface area contributed by atoms with Crippen LogP contribution in [0.15, 0.2) is 35.6 Å². The first kappa shape index (κ1) is 22.5. The van der Waals surface area contributed by atoms with Crippen molar-refractivity contribution in [3.8, 4) is 0 Å². The van der Waals surface area contributed by atoms with Crippen LogP contribution in [-0.2, 0) is 6.42 Å². The molecule has 0 bridgehead atoms. The summed E-state index contributed by atoms with van der Waals surface area (Å²) in [6.45, 7) is 13.4. The second-order valence-electron chi connectivity index (χ2n) is 7.75. The molecule has 3 heterocycles. The van der Waals surface area contributed by atoms with Crippen LogP contribution in [0.1, 0.15) is 30.0 Å². The summed E-state index contributed by atoms with van der Waals surface area (Å²) in [6.07, 6.45) is 5.71. The van der Waals surface area contributed by atoms with E-state index < -0.39 is 0 Å². The van der Waals surface area contributed by atoms with Gasteiger partial charge in [-0.25, -0.2) is 9.97 Å². The number of nitrogens with zero attached hydrogens (tertiary/aromatic N) is 5. The molecule has 1 aliphatic rings. The van der Waals surface area contributed by atoms with Gasteiger partial charge in [-0.2, -0.15) is 0 Å². The Morgan fingerprint density at radius 3 is 2.63 bits per heavy atom. The second-order valence-corrected chi connectivity index (χ2v) is 9.13. The maximum absolute atomic E-state index is 4.79. The van der Waals surface area contributed by atoms with Crippen molar-refractivity contribution in [3.63, 3.8) is 0 Å². The highest BCUT2D eigenvalue weighted by atomic mass is 32.1. The number of aryl methyl sites for hydroxylation is 1. The predicted octanol–water partition coefficient (Wildman–Crippen LogP) is 2.54. The molecule has 2 aromatic rings. The van der Waals surface area contributed by atoms with Crippen LogP contribution in [0.2, 0.25) is 0 Å². The van der Waals surface area contributed by atoms with Gasteiger partial charge < -0.3 is 15.5 Å². The molecule has 1 aliphatic heterocycles. The van der Waals surface area contributed by atoms with Gasteiger partial charge in [-0.3, -0.25) is 9.89 Å². The summed E-state index contributed by atoms with van der Waals surface area (Å²) in [6, 6.07) is 6.64. The fourth-order valence-corrected chi connectivity index (χ4v) is 4.63. The fourth-order valence-electron chi connectivity index (χ4n) is 3.61. The molecule has 1 fully saturated rings. The standard InChI is InChI=1S/C22H35N7S/c1-4-23-21(27-18(2)17-20-8-7-19(3)30-20)24-11-6-12-28-13-15-29(16-14-28)22-25-9-5-10-26-22/h5,7-10,18H,4,6,11-17H2,1-3H3,(H2,23,24,27). The van der Waals surface area contributed by atoms with Crippen molar-refractivity contribution in [2.75, 3.05) is 50.7 Å². The largest absolute Gasteiger partial charge is 0.357 e. The summed E-state index contributed by atoms with van der Waals surface area (Å²) in [4.78, 5) is 21.1. The molecule has 0 spiro atoms. The lowest BCUT2D eigenvalue weighted by Gasteiger charge is -2.34. The van der Waals surface area contributed by atoms with Crippen LogP contribution in [0, 0.1) is 6.92 Å². The van der Waals surface area contributed by atoms with E-state index in [4.69, 9.17) is 4.99 Å². The highest BCUT2D eigenvalue weighted by molar-refractivity contribution is 7.11. The lowest BCUT2D eigenvalue weighted by Crippen LogP contribution is -2.47. The summed E-state index contributed by atoms with van der Waals surface area (Å²) in [7, 11) is 0. The number of hydrogen-bond acceptors (Lipinski definition) is 6. The van der Waals surface area contributed by atoms with Gasteiger partial charge in [-0.05, 0) is 45.4 Å². The normalized spacial score (nSPS) is 16.5. The molecule has 30 heavy (non-hydrogen) atoms. The lowest BCUT2D eigenvalue weighted by molar-refractivity contribution is 0.255. The zero-order valence-corrected chi connectivity index (χ0v) is 19.3. The van der Waals surface area contributed by atoms with Crippen molar-refractivity contribution in [2.45, 2.75) is 39.7 Å². The first-order valence-corrected chi connectivity index (χ1v) is 11.8. The van der Waals surface area contributed by atoms with E-state index in [9.17, 15) is 0 Å². The number of hydrogen-bond donors (Lipinski definition) is 2. The van der Waals surface area contributed by atoms with Gasteiger partial charge in [-0.1, -0.05) is 0 Å². The van der Waals surface area contributed by atoms with E-state index in [1.54, 1.807) is 0 Å². The van der Waals surface area contributed by atoms with Crippen LogP contribution in [0.25, 0.3) is 0 Å². The summed E-state index contributed by atoms with van der Waals surface area (Å²) in [5.41, 5.74) is 0. The maximum atomic E-state index is 4.79. The second kappa shape index (κ2) is 11.9. The predicted molar refractivity (Wildman–Crippen MR) is 127 cm³/mol. The van der Waals surface area contributed by atoms with Gasteiger partial charge in [0, 0.05) is 80.4 Å². The van der Waals surface area contributed by atoms with E-state index in [0.717, 1.165) is 70.6 Å². The Morgan fingerprint density at radius 2 is 1.97 bits per heavy atom. The fraction of sp³-hybridized carbons (Fsp3) is 0.591. The molecule has 0 aromatic carbocycles. The molecule has 7 nitrogen and oxygen atoms in total. The van der Waals surface area contributed by atoms with E-state index >= 15 is 0 Å². The minimum atomic E-state index is 0.356. The number of aliphatic imine (C=N–C) groups is 1. The number of thiophene rings is 1. The van der Waals surface area contributed by atoms with Crippen LogP contribution >= 0.6 is 11.3 Å². The van der Waals surface area contributed by atoms with E-state index in [1.165, 1.54) is 9.75 Å². The summed E-state index contributed by atoms with van der Waals surface area (Å²) < 4.78 is 0. The average molecular weight is 430 g/mol. The molecule has 3 rings (SSSR count). The van der Waals surface area contributed by atoms with Gasteiger partial charge in [0.25, 0.3) is 0 Å². The van der Waals surface area contributed by atoms with Crippen LogP contribution in [-0.4, -0.2) is 72.7 Å².